The van der Waals surface area contributed by atoms with Crippen LogP contribution in [0.2, 0.25) is 0 Å². The summed E-state index contributed by atoms with van der Waals surface area (Å²) in [5.41, 5.74) is -0.150. The van der Waals surface area contributed by atoms with Gasteiger partial charge in [0.05, 0.1) is 25.1 Å². The van der Waals surface area contributed by atoms with Crippen molar-refractivity contribution in [2.75, 3.05) is 45.7 Å². The van der Waals surface area contributed by atoms with E-state index in [-0.39, 0.29) is 30.4 Å². The minimum absolute atomic E-state index is 0.0240. The van der Waals surface area contributed by atoms with Crippen LogP contribution in [0.5, 0.6) is 5.75 Å². The third-order valence-electron chi connectivity index (χ3n) is 3.71. The average Bonchev–Trinajstić information content (AvgIpc) is 2.55. The van der Waals surface area contributed by atoms with Crippen LogP contribution in [0.1, 0.15) is 13.8 Å². The average molecular weight is 353 g/mol. The van der Waals surface area contributed by atoms with Crippen molar-refractivity contribution < 1.29 is 24.1 Å². The number of nitrogens with one attached hydrogen (secondary N) is 2. The summed E-state index contributed by atoms with van der Waals surface area (Å²) in [5, 5.41) is 13.6. The molecular weight excluding hydrogens is 328 g/mol. The third-order valence-corrected chi connectivity index (χ3v) is 3.71. The zero-order valence-corrected chi connectivity index (χ0v) is 15.0. The molecule has 2 amide bonds. The van der Waals surface area contributed by atoms with Crippen molar-refractivity contribution in [3.8, 4) is 5.75 Å². The van der Waals surface area contributed by atoms with Crippen molar-refractivity contribution in [2.45, 2.75) is 13.8 Å². The summed E-state index contributed by atoms with van der Waals surface area (Å²) in [4.78, 5) is 37.1. The van der Waals surface area contributed by atoms with Gasteiger partial charge in [0.25, 0.3) is 17.5 Å². The lowest BCUT2D eigenvalue weighted by Gasteiger charge is -2.20. The fraction of sp³-hybridized carbons (Fsp3) is 0.500. The van der Waals surface area contributed by atoms with Crippen molar-refractivity contribution in [1.29, 1.82) is 0 Å². The molecule has 2 N–H and O–H groups in total. The first-order valence-electron chi connectivity index (χ1n) is 8.03. The predicted molar refractivity (Wildman–Crippen MR) is 92.8 cm³/mol. The second-order valence-corrected chi connectivity index (χ2v) is 5.57. The Bertz CT molecular complexity index is 631. The monoisotopic (exact) mass is 353 g/mol. The molecule has 1 aromatic carbocycles. The van der Waals surface area contributed by atoms with Gasteiger partial charge in [-0.25, -0.2) is 0 Å². The molecule has 0 radical (unpaired) electrons. The Balaban J connectivity index is 2.70. The van der Waals surface area contributed by atoms with Crippen LogP contribution in [0.15, 0.2) is 18.2 Å². The lowest BCUT2D eigenvalue weighted by molar-refractivity contribution is -0.862. The maximum Gasteiger partial charge on any atom is 0.296 e. The second kappa shape index (κ2) is 9.58. The lowest BCUT2D eigenvalue weighted by atomic mass is 10.2. The maximum atomic E-state index is 12.1. The van der Waals surface area contributed by atoms with Gasteiger partial charge in [0.2, 0.25) is 0 Å². The van der Waals surface area contributed by atoms with Crippen molar-refractivity contribution in [3.05, 3.63) is 28.3 Å². The van der Waals surface area contributed by atoms with Gasteiger partial charge in [0, 0.05) is 13.1 Å². The number of nitrogens with zero attached hydrogens (tertiary/aromatic N) is 2. The van der Waals surface area contributed by atoms with E-state index in [9.17, 15) is 19.7 Å². The number of nitro benzene ring substituents is 1. The molecular formula is C16H25N4O5+. The quantitative estimate of drug-likeness (QED) is 0.477. The van der Waals surface area contributed by atoms with Crippen LogP contribution in [-0.2, 0) is 9.59 Å². The topological polar surface area (TPSA) is 106 Å². The molecule has 0 aliphatic carbocycles. The Hall–Kier alpha value is -2.68. The molecule has 9 nitrogen and oxygen atoms in total. The van der Waals surface area contributed by atoms with Crippen LogP contribution >= 0.6 is 0 Å². The molecule has 138 valence electrons. The molecule has 0 spiro atoms. The first-order valence-corrected chi connectivity index (χ1v) is 8.03. The van der Waals surface area contributed by atoms with Crippen molar-refractivity contribution in [2.24, 2.45) is 0 Å². The van der Waals surface area contributed by atoms with Gasteiger partial charge in [0.15, 0.2) is 13.1 Å². The molecule has 1 atom stereocenters. The molecule has 0 aliphatic rings. The number of anilines is 1. The highest BCUT2D eigenvalue weighted by Gasteiger charge is 2.21. The number of likely N-dealkylation sites (N-methyl/N-ethyl adjacent to an activating group) is 2. The largest absolute Gasteiger partial charge is 0.496 e. The van der Waals surface area contributed by atoms with E-state index in [0.29, 0.717) is 23.7 Å². The number of hydrogen-bond acceptors (Lipinski definition) is 5. The number of nitro groups is 1. The molecule has 9 heteroatoms. The number of methoxy groups -OCH3 is 1. The summed E-state index contributed by atoms with van der Waals surface area (Å²) in [5.74, 6) is -0.110. The second-order valence-electron chi connectivity index (χ2n) is 5.57. The number of ether oxygens (including phenoxy) is 1. The van der Waals surface area contributed by atoms with E-state index in [2.05, 4.69) is 5.32 Å². The standard InChI is InChI=1S/C16H24N4O5/c1-5-19(6-2)16(22)11-18(3)10-15(21)17-13-8-7-12(25-4)9-14(13)20(23)24/h7-9H,5-6,10-11H2,1-4H3,(H,17,21)/p+1. The molecule has 25 heavy (non-hydrogen) atoms. The molecule has 0 aromatic heterocycles. The van der Waals surface area contributed by atoms with E-state index in [1.54, 1.807) is 11.9 Å². The van der Waals surface area contributed by atoms with Crippen molar-refractivity contribution in [3.63, 3.8) is 0 Å². The minimum atomic E-state index is -0.585. The van der Waals surface area contributed by atoms with Gasteiger partial charge in [-0.2, -0.15) is 0 Å². The van der Waals surface area contributed by atoms with Crippen LogP contribution in [0.3, 0.4) is 0 Å². The minimum Gasteiger partial charge on any atom is -0.496 e. The molecule has 1 rings (SSSR count). The molecule has 0 saturated carbocycles. The van der Waals surface area contributed by atoms with E-state index in [4.69, 9.17) is 4.74 Å². The maximum absolute atomic E-state index is 12.1. The Labute approximate surface area is 146 Å². The highest BCUT2D eigenvalue weighted by atomic mass is 16.6. The molecule has 0 saturated heterocycles. The van der Waals surface area contributed by atoms with Gasteiger partial charge in [-0.05, 0) is 26.0 Å². The molecule has 0 fully saturated rings. The highest BCUT2D eigenvalue weighted by Crippen LogP contribution is 2.28. The fourth-order valence-corrected chi connectivity index (χ4v) is 2.37. The number of carbonyl (C=O) groups excluding carboxylic acids is 2. The Kier molecular flexibility index (Phi) is 7.80. The SMILES string of the molecule is CCN(CC)C(=O)C[NH+](C)CC(=O)Nc1ccc(OC)cc1[N+](=O)[O-]. The van der Waals surface area contributed by atoms with E-state index >= 15 is 0 Å². The Morgan fingerprint density at radius 1 is 1.28 bits per heavy atom. The van der Waals surface area contributed by atoms with Crippen LogP contribution in [0.25, 0.3) is 0 Å². The summed E-state index contributed by atoms with van der Waals surface area (Å²) < 4.78 is 4.95. The number of rotatable bonds is 9. The predicted octanol–water partition coefficient (Wildman–Crippen LogP) is -0.0750. The normalized spacial score (nSPS) is 11.5. The number of carbonyl (C=O) groups is 2. The molecule has 0 heterocycles. The van der Waals surface area contributed by atoms with Gasteiger partial charge in [-0.3, -0.25) is 19.7 Å². The fourth-order valence-electron chi connectivity index (χ4n) is 2.37. The van der Waals surface area contributed by atoms with Crippen molar-refractivity contribution in [1.82, 2.24) is 4.90 Å². The number of amides is 2. The first-order chi connectivity index (χ1) is 11.8. The summed E-state index contributed by atoms with van der Waals surface area (Å²) in [6.07, 6.45) is 0. The Morgan fingerprint density at radius 2 is 1.92 bits per heavy atom. The lowest BCUT2D eigenvalue weighted by Crippen LogP contribution is -3.11. The molecule has 1 unspecified atom stereocenters. The van der Waals surface area contributed by atoms with Crippen molar-refractivity contribution >= 4 is 23.2 Å². The number of quaternary nitrogens is 1. The van der Waals surface area contributed by atoms with E-state index in [1.807, 2.05) is 13.8 Å². The van der Waals surface area contributed by atoms with Crippen LogP contribution in [-0.4, -0.2) is 62.0 Å². The van der Waals surface area contributed by atoms with Gasteiger partial charge in [0.1, 0.15) is 11.4 Å². The van der Waals surface area contributed by atoms with Crippen LogP contribution in [0.4, 0.5) is 11.4 Å². The van der Waals surface area contributed by atoms with E-state index < -0.39 is 10.8 Å². The smallest absolute Gasteiger partial charge is 0.296 e. The zero-order chi connectivity index (χ0) is 19.0. The van der Waals surface area contributed by atoms with Crippen LogP contribution in [0, 0.1) is 10.1 Å². The summed E-state index contributed by atoms with van der Waals surface area (Å²) in [7, 11) is 3.13. The van der Waals surface area contributed by atoms with E-state index in [1.165, 1.54) is 25.3 Å². The summed E-state index contributed by atoms with van der Waals surface area (Å²) in [6.45, 7) is 5.23. The van der Waals surface area contributed by atoms with Gasteiger partial charge in [-0.1, -0.05) is 0 Å². The van der Waals surface area contributed by atoms with Gasteiger partial charge in [-0.15, -0.1) is 0 Å². The number of benzene rings is 1. The van der Waals surface area contributed by atoms with Crippen LogP contribution < -0.4 is 15.0 Å². The summed E-state index contributed by atoms with van der Waals surface area (Å²) in [6, 6.07) is 4.20. The Morgan fingerprint density at radius 3 is 2.44 bits per heavy atom. The van der Waals surface area contributed by atoms with Gasteiger partial charge >= 0.3 is 0 Å². The molecule has 0 aliphatic heterocycles. The third kappa shape index (κ3) is 6.03. The van der Waals surface area contributed by atoms with Gasteiger partial charge < -0.3 is 19.9 Å². The van der Waals surface area contributed by atoms with E-state index in [0.717, 1.165) is 0 Å². The highest BCUT2D eigenvalue weighted by molar-refractivity contribution is 5.94. The molecule has 1 aromatic rings. The molecule has 0 bridgehead atoms. The zero-order valence-electron chi connectivity index (χ0n) is 15.0. The number of hydrogen-bond donors (Lipinski definition) is 2. The summed E-state index contributed by atoms with van der Waals surface area (Å²) >= 11 is 0. The first kappa shape index (κ1) is 20.4.